The quantitative estimate of drug-likeness (QED) is 0.850. The maximum atomic E-state index is 5.86. The number of morpholine rings is 1. The zero-order valence-electron chi connectivity index (χ0n) is 13.1. The molecule has 0 aliphatic carbocycles. The molecule has 2 aromatic rings. The summed E-state index contributed by atoms with van der Waals surface area (Å²) in [5.74, 6) is 0. The van der Waals surface area contributed by atoms with Gasteiger partial charge in [-0.25, -0.2) is 0 Å². The van der Waals surface area contributed by atoms with E-state index < -0.39 is 0 Å². The second-order valence-corrected chi connectivity index (χ2v) is 5.81. The van der Waals surface area contributed by atoms with Crippen LogP contribution in [0.1, 0.15) is 11.1 Å². The Labute approximate surface area is 132 Å². The first-order chi connectivity index (χ1) is 10.8. The number of hydrogen-bond acceptors (Lipinski definition) is 3. The standard InChI is InChI=1S/C18H23N3O/c1-16-12-19-21(13-16)15-18-14-20(10-11-22-18)9-5-8-17-6-3-2-4-7-17/h2-8,12-13,18H,9-11,14-15H2,1H3/b8-5-/t18-/m0/s1. The fourth-order valence-corrected chi connectivity index (χ4v) is 2.73. The van der Waals surface area contributed by atoms with Crippen LogP contribution in [-0.4, -0.2) is 47.0 Å². The molecule has 1 aromatic heterocycles. The molecule has 1 fully saturated rings. The van der Waals surface area contributed by atoms with Crippen LogP contribution >= 0.6 is 0 Å². The van der Waals surface area contributed by atoms with E-state index in [0.717, 1.165) is 32.8 Å². The lowest BCUT2D eigenvalue weighted by Gasteiger charge is -2.32. The molecule has 0 unspecified atom stereocenters. The third-order valence-electron chi connectivity index (χ3n) is 3.85. The Morgan fingerprint density at radius 3 is 2.95 bits per heavy atom. The summed E-state index contributed by atoms with van der Waals surface area (Å²) in [5, 5.41) is 4.34. The van der Waals surface area contributed by atoms with Crippen LogP contribution in [0.4, 0.5) is 0 Å². The molecule has 4 heteroatoms. The lowest BCUT2D eigenvalue weighted by atomic mass is 10.2. The molecule has 2 heterocycles. The van der Waals surface area contributed by atoms with Gasteiger partial charge in [0.25, 0.3) is 0 Å². The van der Waals surface area contributed by atoms with Crippen molar-refractivity contribution in [1.29, 1.82) is 0 Å². The molecule has 1 atom stereocenters. The molecular formula is C18H23N3O. The van der Waals surface area contributed by atoms with Crippen LogP contribution < -0.4 is 0 Å². The van der Waals surface area contributed by atoms with Gasteiger partial charge in [-0.15, -0.1) is 0 Å². The van der Waals surface area contributed by atoms with Crippen LogP contribution in [0.15, 0.2) is 48.8 Å². The van der Waals surface area contributed by atoms with Crippen molar-refractivity contribution < 1.29 is 4.74 Å². The van der Waals surface area contributed by atoms with Crippen molar-refractivity contribution in [2.45, 2.75) is 19.6 Å². The summed E-state index contributed by atoms with van der Waals surface area (Å²) in [6.07, 6.45) is 8.59. The fraction of sp³-hybridized carbons (Fsp3) is 0.389. The van der Waals surface area contributed by atoms with Gasteiger partial charge in [0.05, 0.1) is 25.5 Å². The van der Waals surface area contributed by atoms with Gasteiger partial charge >= 0.3 is 0 Å². The number of ether oxygens (including phenoxy) is 1. The predicted molar refractivity (Wildman–Crippen MR) is 88.6 cm³/mol. The van der Waals surface area contributed by atoms with E-state index in [-0.39, 0.29) is 6.10 Å². The molecule has 116 valence electrons. The van der Waals surface area contributed by atoms with Crippen molar-refractivity contribution in [3.63, 3.8) is 0 Å². The fourth-order valence-electron chi connectivity index (χ4n) is 2.73. The zero-order valence-corrected chi connectivity index (χ0v) is 13.1. The number of aromatic nitrogens is 2. The molecule has 0 saturated carbocycles. The van der Waals surface area contributed by atoms with Crippen LogP contribution in [0, 0.1) is 6.92 Å². The second-order valence-electron chi connectivity index (χ2n) is 5.81. The Kier molecular flexibility index (Phi) is 5.03. The summed E-state index contributed by atoms with van der Waals surface area (Å²) >= 11 is 0. The van der Waals surface area contributed by atoms with E-state index >= 15 is 0 Å². The summed E-state index contributed by atoms with van der Waals surface area (Å²) in [6, 6.07) is 10.4. The Morgan fingerprint density at radius 2 is 2.18 bits per heavy atom. The highest BCUT2D eigenvalue weighted by Gasteiger charge is 2.20. The van der Waals surface area contributed by atoms with Gasteiger partial charge in [0.2, 0.25) is 0 Å². The van der Waals surface area contributed by atoms with E-state index in [0.29, 0.717) is 0 Å². The van der Waals surface area contributed by atoms with E-state index in [9.17, 15) is 0 Å². The van der Waals surface area contributed by atoms with Gasteiger partial charge in [-0.1, -0.05) is 42.5 Å². The van der Waals surface area contributed by atoms with Crippen LogP contribution in [0.3, 0.4) is 0 Å². The van der Waals surface area contributed by atoms with Crippen LogP contribution in [0.25, 0.3) is 6.08 Å². The molecule has 0 N–H and O–H groups in total. The molecule has 1 aliphatic heterocycles. The summed E-state index contributed by atoms with van der Waals surface area (Å²) in [6.45, 7) is 6.60. The van der Waals surface area contributed by atoms with Crippen molar-refractivity contribution in [3.05, 3.63) is 59.9 Å². The molecule has 4 nitrogen and oxygen atoms in total. The number of benzene rings is 1. The van der Waals surface area contributed by atoms with Crippen molar-refractivity contribution >= 4 is 6.08 Å². The van der Waals surface area contributed by atoms with E-state index in [4.69, 9.17) is 4.74 Å². The van der Waals surface area contributed by atoms with Gasteiger partial charge < -0.3 is 4.74 Å². The number of hydrogen-bond donors (Lipinski definition) is 0. The van der Waals surface area contributed by atoms with Gasteiger partial charge in [-0.05, 0) is 18.1 Å². The van der Waals surface area contributed by atoms with Gasteiger partial charge in [0.1, 0.15) is 0 Å². The molecule has 3 rings (SSSR count). The highest BCUT2D eigenvalue weighted by atomic mass is 16.5. The normalized spacial score (nSPS) is 19.8. The number of rotatable bonds is 5. The molecular weight excluding hydrogens is 274 g/mol. The molecule has 1 saturated heterocycles. The van der Waals surface area contributed by atoms with Crippen LogP contribution in [-0.2, 0) is 11.3 Å². The topological polar surface area (TPSA) is 30.3 Å². The highest BCUT2D eigenvalue weighted by molar-refractivity contribution is 5.48. The van der Waals surface area contributed by atoms with E-state index in [2.05, 4.69) is 59.5 Å². The lowest BCUT2D eigenvalue weighted by molar-refractivity contribution is -0.0337. The Balaban J connectivity index is 1.49. The molecule has 0 spiro atoms. The Bertz CT molecular complexity index is 606. The predicted octanol–water partition coefficient (Wildman–Crippen LogP) is 2.61. The summed E-state index contributed by atoms with van der Waals surface area (Å²) < 4.78 is 7.83. The van der Waals surface area contributed by atoms with Gasteiger partial charge in [0.15, 0.2) is 0 Å². The molecule has 0 bridgehead atoms. The second kappa shape index (κ2) is 7.38. The number of nitrogens with zero attached hydrogens (tertiary/aromatic N) is 3. The largest absolute Gasteiger partial charge is 0.374 e. The van der Waals surface area contributed by atoms with Crippen molar-refractivity contribution in [2.24, 2.45) is 0 Å². The minimum atomic E-state index is 0.221. The van der Waals surface area contributed by atoms with Crippen LogP contribution in [0.2, 0.25) is 0 Å². The summed E-state index contributed by atoms with van der Waals surface area (Å²) in [7, 11) is 0. The van der Waals surface area contributed by atoms with Gasteiger partial charge in [-0.3, -0.25) is 9.58 Å². The van der Waals surface area contributed by atoms with Crippen LogP contribution in [0.5, 0.6) is 0 Å². The van der Waals surface area contributed by atoms with Crippen molar-refractivity contribution in [1.82, 2.24) is 14.7 Å². The van der Waals surface area contributed by atoms with Gasteiger partial charge in [0, 0.05) is 25.8 Å². The third kappa shape index (κ3) is 4.29. The monoisotopic (exact) mass is 297 g/mol. The molecule has 1 aliphatic rings. The average Bonchev–Trinajstić information content (AvgIpc) is 2.94. The van der Waals surface area contributed by atoms with Crippen molar-refractivity contribution in [2.75, 3.05) is 26.2 Å². The first-order valence-corrected chi connectivity index (χ1v) is 7.84. The average molecular weight is 297 g/mol. The third-order valence-corrected chi connectivity index (χ3v) is 3.85. The maximum absolute atomic E-state index is 5.86. The maximum Gasteiger partial charge on any atom is 0.0898 e. The number of aryl methyl sites for hydroxylation is 1. The highest BCUT2D eigenvalue weighted by Crippen LogP contribution is 2.09. The lowest BCUT2D eigenvalue weighted by Crippen LogP contribution is -2.44. The summed E-state index contributed by atoms with van der Waals surface area (Å²) in [5.41, 5.74) is 2.44. The molecule has 0 amide bonds. The first kappa shape index (κ1) is 15.0. The first-order valence-electron chi connectivity index (χ1n) is 7.84. The minimum Gasteiger partial charge on any atom is -0.374 e. The SMILES string of the molecule is Cc1cnn(C[C@@H]2CN(C/C=C\c3ccccc3)CCO2)c1. The zero-order chi connectivity index (χ0) is 15.2. The Morgan fingerprint density at radius 1 is 1.32 bits per heavy atom. The molecule has 1 aromatic carbocycles. The van der Waals surface area contributed by atoms with E-state index in [1.165, 1.54) is 11.1 Å². The van der Waals surface area contributed by atoms with E-state index in [1.54, 1.807) is 0 Å². The Hall–Kier alpha value is -1.91. The van der Waals surface area contributed by atoms with E-state index in [1.807, 2.05) is 16.9 Å². The minimum absolute atomic E-state index is 0.221. The molecule has 22 heavy (non-hydrogen) atoms. The smallest absolute Gasteiger partial charge is 0.0898 e. The summed E-state index contributed by atoms with van der Waals surface area (Å²) in [4.78, 5) is 2.43. The van der Waals surface area contributed by atoms with Crippen molar-refractivity contribution in [3.8, 4) is 0 Å². The molecule has 0 radical (unpaired) electrons. The van der Waals surface area contributed by atoms with Gasteiger partial charge in [-0.2, -0.15) is 5.10 Å².